The molecule has 1 heterocycles. The minimum atomic E-state index is -1.57. The summed E-state index contributed by atoms with van der Waals surface area (Å²) in [5.41, 5.74) is 0.668. The van der Waals surface area contributed by atoms with Crippen LogP contribution in [-0.4, -0.2) is 5.11 Å². The van der Waals surface area contributed by atoms with Crippen LogP contribution < -0.4 is 0 Å². The fourth-order valence-electron chi connectivity index (χ4n) is 1.93. The number of fused-ring (bicyclic) bond motifs is 1. The van der Waals surface area contributed by atoms with E-state index in [9.17, 15) is 18.3 Å². The van der Waals surface area contributed by atoms with Crippen molar-refractivity contribution in [3.8, 4) is 16.2 Å². The minimum Gasteiger partial charge on any atom is -0.506 e. The summed E-state index contributed by atoms with van der Waals surface area (Å²) in [5.74, 6) is -4.54. The van der Waals surface area contributed by atoms with Crippen LogP contribution in [0.25, 0.3) is 20.5 Å². The standard InChI is InChI=1S/C14H7F3OS/c15-8-6-9-10(12(17)11(8)16)13(18)14(19-9)7-4-2-1-3-5-7/h1-6,18H. The van der Waals surface area contributed by atoms with Crippen molar-refractivity contribution in [2.45, 2.75) is 0 Å². The van der Waals surface area contributed by atoms with Gasteiger partial charge in [-0.25, -0.2) is 13.2 Å². The molecule has 0 radical (unpaired) electrons. The molecule has 1 N–H and O–H groups in total. The van der Waals surface area contributed by atoms with Crippen molar-refractivity contribution >= 4 is 21.4 Å². The number of hydrogen-bond donors (Lipinski definition) is 1. The van der Waals surface area contributed by atoms with Crippen LogP contribution in [-0.2, 0) is 0 Å². The number of benzene rings is 2. The molecular formula is C14H7F3OS. The molecule has 0 amide bonds. The van der Waals surface area contributed by atoms with Crippen molar-refractivity contribution in [1.29, 1.82) is 0 Å². The molecule has 0 aliphatic rings. The molecule has 3 aromatic rings. The van der Waals surface area contributed by atoms with Crippen LogP contribution in [0.4, 0.5) is 13.2 Å². The van der Waals surface area contributed by atoms with Crippen molar-refractivity contribution in [2.75, 3.05) is 0 Å². The Bertz CT molecular complexity index is 765. The van der Waals surface area contributed by atoms with Gasteiger partial charge in [-0.3, -0.25) is 0 Å². The third kappa shape index (κ3) is 1.77. The zero-order valence-electron chi connectivity index (χ0n) is 9.45. The molecule has 5 heteroatoms. The van der Waals surface area contributed by atoms with Crippen molar-refractivity contribution in [1.82, 2.24) is 0 Å². The van der Waals surface area contributed by atoms with Crippen molar-refractivity contribution in [3.63, 3.8) is 0 Å². The maximum atomic E-state index is 13.7. The second-order valence-electron chi connectivity index (χ2n) is 4.01. The van der Waals surface area contributed by atoms with E-state index in [0.717, 1.165) is 17.4 Å². The zero-order chi connectivity index (χ0) is 13.6. The SMILES string of the molecule is Oc1c(-c2ccccc2)sc2cc(F)c(F)c(F)c12. The van der Waals surface area contributed by atoms with Crippen LogP contribution >= 0.6 is 11.3 Å². The van der Waals surface area contributed by atoms with Gasteiger partial charge in [-0.1, -0.05) is 30.3 Å². The Morgan fingerprint density at radius 2 is 1.63 bits per heavy atom. The van der Waals surface area contributed by atoms with Crippen molar-refractivity contribution in [2.24, 2.45) is 0 Å². The normalized spacial score (nSPS) is 11.1. The van der Waals surface area contributed by atoms with E-state index in [1.165, 1.54) is 0 Å². The molecule has 1 aromatic heterocycles. The Balaban J connectivity index is 2.36. The van der Waals surface area contributed by atoms with Gasteiger partial charge in [0.05, 0.1) is 10.3 Å². The number of thiophene rings is 1. The molecule has 0 fully saturated rings. The van der Waals surface area contributed by atoms with E-state index >= 15 is 0 Å². The molecular weight excluding hydrogens is 273 g/mol. The Morgan fingerprint density at radius 3 is 2.32 bits per heavy atom. The second-order valence-corrected chi connectivity index (χ2v) is 5.06. The Morgan fingerprint density at radius 1 is 0.947 bits per heavy atom. The number of hydrogen-bond acceptors (Lipinski definition) is 2. The highest BCUT2D eigenvalue weighted by Gasteiger charge is 2.21. The summed E-state index contributed by atoms with van der Waals surface area (Å²) in [4.78, 5) is 0.388. The summed E-state index contributed by atoms with van der Waals surface area (Å²) in [6, 6.07) is 9.68. The van der Waals surface area contributed by atoms with Crippen LogP contribution in [0.15, 0.2) is 36.4 Å². The van der Waals surface area contributed by atoms with Gasteiger partial charge in [0.15, 0.2) is 17.5 Å². The average Bonchev–Trinajstić information content (AvgIpc) is 2.74. The molecule has 0 aliphatic carbocycles. The quantitative estimate of drug-likeness (QED) is 0.641. The fourth-order valence-corrected chi connectivity index (χ4v) is 3.05. The van der Waals surface area contributed by atoms with E-state index in [0.29, 0.717) is 10.4 Å². The van der Waals surface area contributed by atoms with Gasteiger partial charge in [0.2, 0.25) is 0 Å². The fraction of sp³-hybridized carbons (Fsp3) is 0. The van der Waals surface area contributed by atoms with Crippen LogP contribution in [0.2, 0.25) is 0 Å². The lowest BCUT2D eigenvalue weighted by Crippen LogP contribution is -1.89. The van der Waals surface area contributed by atoms with Gasteiger partial charge in [-0.05, 0) is 11.6 Å². The first-order chi connectivity index (χ1) is 9.09. The Kier molecular flexibility index (Phi) is 2.71. The lowest BCUT2D eigenvalue weighted by molar-refractivity contribution is 0.447. The van der Waals surface area contributed by atoms with E-state index in [-0.39, 0.29) is 15.8 Å². The monoisotopic (exact) mass is 280 g/mol. The van der Waals surface area contributed by atoms with Gasteiger partial charge in [0, 0.05) is 4.70 Å². The molecule has 19 heavy (non-hydrogen) atoms. The van der Waals surface area contributed by atoms with Crippen LogP contribution in [0, 0.1) is 17.5 Å². The summed E-state index contributed by atoms with van der Waals surface area (Å²) in [6.45, 7) is 0. The summed E-state index contributed by atoms with van der Waals surface area (Å²) in [6.07, 6.45) is 0. The minimum absolute atomic E-state index is 0.174. The molecule has 0 spiro atoms. The molecule has 0 atom stereocenters. The molecule has 0 saturated carbocycles. The Labute approximate surface area is 110 Å². The van der Waals surface area contributed by atoms with Gasteiger partial charge < -0.3 is 5.11 Å². The molecule has 0 bridgehead atoms. The first kappa shape index (κ1) is 12.0. The first-order valence-corrected chi connectivity index (χ1v) is 6.25. The highest BCUT2D eigenvalue weighted by Crippen LogP contribution is 2.45. The van der Waals surface area contributed by atoms with Gasteiger partial charge in [0.25, 0.3) is 0 Å². The molecule has 96 valence electrons. The molecule has 0 saturated heterocycles. The average molecular weight is 280 g/mol. The predicted octanol–water partition coefficient (Wildman–Crippen LogP) is 4.69. The number of halogens is 3. The molecule has 0 aliphatic heterocycles. The van der Waals surface area contributed by atoms with Gasteiger partial charge in [-0.15, -0.1) is 11.3 Å². The molecule has 2 aromatic carbocycles. The maximum absolute atomic E-state index is 13.7. The highest BCUT2D eigenvalue weighted by molar-refractivity contribution is 7.22. The second kappa shape index (κ2) is 4.28. The topological polar surface area (TPSA) is 20.2 Å². The van der Waals surface area contributed by atoms with Crippen LogP contribution in [0.3, 0.4) is 0 Å². The molecule has 1 nitrogen and oxygen atoms in total. The first-order valence-electron chi connectivity index (χ1n) is 5.44. The maximum Gasteiger partial charge on any atom is 0.195 e. The summed E-state index contributed by atoms with van der Waals surface area (Å²) >= 11 is 1.02. The van der Waals surface area contributed by atoms with E-state index in [4.69, 9.17) is 0 Å². The largest absolute Gasteiger partial charge is 0.506 e. The number of aromatic hydroxyl groups is 1. The summed E-state index contributed by atoms with van der Waals surface area (Å²) in [5, 5.41) is 9.75. The van der Waals surface area contributed by atoms with E-state index in [2.05, 4.69) is 0 Å². The van der Waals surface area contributed by atoms with Gasteiger partial charge in [-0.2, -0.15) is 0 Å². The van der Waals surface area contributed by atoms with Crippen molar-refractivity contribution in [3.05, 3.63) is 53.8 Å². The summed E-state index contributed by atoms with van der Waals surface area (Å²) in [7, 11) is 0. The number of rotatable bonds is 1. The third-order valence-corrected chi connectivity index (χ3v) is 4.00. The van der Waals surface area contributed by atoms with E-state index in [1.807, 2.05) is 0 Å². The highest BCUT2D eigenvalue weighted by atomic mass is 32.1. The molecule has 3 rings (SSSR count). The van der Waals surface area contributed by atoms with Gasteiger partial charge >= 0.3 is 0 Å². The van der Waals surface area contributed by atoms with E-state index in [1.54, 1.807) is 30.3 Å². The van der Waals surface area contributed by atoms with Crippen LogP contribution in [0.5, 0.6) is 5.75 Å². The third-order valence-electron chi connectivity index (χ3n) is 2.83. The summed E-state index contributed by atoms with van der Waals surface area (Å²) < 4.78 is 40.2. The van der Waals surface area contributed by atoms with E-state index < -0.39 is 17.5 Å². The zero-order valence-corrected chi connectivity index (χ0v) is 10.3. The van der Waals surface area contributed by atoms with Gasteiger partial charge in [0.1, 0.15) is 5.75 Å². The lowest BCUT2D eigenvalue weighted by atomic mass is 10.1. The predicted molar refractivity (Wildman–Crippen MR) is 68.8 cm³/mol. The lowest BCUT2D eigenvalue weighted by Gasteiger charge is -1.99. The van der Waals surface area contributed by atoms with Crippen molar-refractivity contribution < 1.29 is 18.3 Å². The van der Waals surface area contributed by atoms with Crippen LogP contribution in [0.1, 0.15) is 0 Å². The molecule has 0 unspecified atom stereocenters. The Hall–Kier alpha value is -2.01. The smallest absolute Gasteiger partial charge is 0.195 e.